The SMILES string of the molecule is CON(C)C(=O)CCc1ncc(-c2ccccc2)o1. The first-order valence-corrected chi connectivity index (χ1v) is 6.01. The maximum absolute atomic E-state index is 11.6. The highest BCUT2D eigenvalue weighted by molar-refractivity contribution is 5.74. The van der Waals surface area contributed by atoms with Crippen molar-refractivity contribution in [3.63, 3.8) is 0 Å². The van der Waals surface area contributed by atoms with E-state index in [1.165, 1.54) is 12.2 Å². The first-order chi connectivity index (χ1) is 9.20. The predicted octanol–water partition coefficient (Wildman–Crippen LogP) is 2.29. The van der Waals surface area contributed by atoms with Crippen LogP contribution in [0.4, 0.5) is 0 Å². The van der Waals surface area contributed by atoms with Gasteiger partial charge in [0.25, 0.3) is 0 Å². The molecule has 0 bridgehead atoms. The number of hydrogen-bond donors (Lipinski definition) is 0. The number of aromatic nitrogens is 1. The molecule has 5 nitrogen and oxygen atoms in total. The number of nitrogens with zero attached hydrogens (tertiary/aromatic N) is 2. The van der Waals surface area contributed by atoms with Crippen LogP contribution in [0.25, 0.3) is 11.3 Å². The molecule has 1 amide bonds. The summed E-state index contributed by atoms with van der Waals surface area (Å²) in [5.41, 5.74) is 0.974. The van der Waals surface area contributed by atoms with Gasteiger partial charge in [-0.2, -0.15) is 0 Å². The molecule has 19 heavy (non-hydrogen) atoms. The number of amides is 1. The van der Waals surface area contributed by atoms with Crippen molar-refractivity contribution >= 4 is 5.91 Å². The summed E-state index contributed by atoms with van der Waals surface area (Å²) in [4.78, 5) is 20.5. The molecule has 1 aromatic heterocycles. The summed E-state index contributed by atoms with van der Waals surface area (Å²) in [6, 6.07) is 9.73. The predicted molar refractivity (Wildman–Crippen MR) is 70.0 cm³/mol. The molecule has 1 aromatic carbocycles. The third kappa shape index (κ3) is 3.42. The van der Waals surface area contributed by atoms with Gasteiger partial charge in [-0.15, -0.1) is 0 Å². The molecule has 0 aliphatic rings. The molecule has 0 aliphatic carbocycles. The average molecular weight is 260 g/mol. The van der Waals surface area contributed by atoms with Gasteiger partial charge in [-0.25, -0.2) is 10.0 Å². The Bertz CT molecular complexity index is 537. The molecule has 0 atom stereocenters. The molecule has 5 heteroatoms. The van der Waals surface area contributed by atoms with Gasteiger partial charge >= 0.3 is 0 Å². The molecule has 2 aromatic rings. The number of benzene rings is 1. The molecular formula is C14H16N2O3. The maximum Gasteiger partial charge on any atom is 0.246 e. The number of hydroxylamine groups is 2. The van der Waals surface area contributed by atoms with E-state index in [1.54, 1.807) is 13.2 Å². The van der Waals surface area contributed by atoms with Crippen molar-refractivity contribution in [1.29, 1.82) is 0 Å². The largest absolute Gasteiger partial charge is 0.441 e. The quantitative estimate of drug-likeness (QED) is 0.774. The molecule has 0 unspecified atom stereocenters. The van der Waals surface area contributed by atoms with Crippen LogP contribution in [-0.2, 0) is 16.1 Å². The number of carbonyl (C=O) groups excluding carboxylic acids is 1. The second kappa shape index (κ2) is 6.15. The van der Waals surface area contributed by atoms with Crippen LogP contribution in [-0.4, -0.2) is 30.1 Å². The van der Waals surface area contributed by atoms with E-state index in [0.29, 0.717) is 24.5 Å². The highest BCUT2D eigenvalue weighted by Crippen LogP contribution is 2.20. The lowest BCUT2D eigenvalue weighted by molar-refractivity contribution is -0.168. The Labute approximate surface area is 111 Å². The summed E-state index contributed by atoms with van der Waals surface area (Å²) in [6.45, 7) is 0. The highest BCUT2D eigenvalue weighted by Gasteiger charge is 2.11. The van der Waals surface area contributed by atoms with Crippen LogP contribution in [0.2, 0.25) is 0 Å². The van der Waals surface area contributed by atoms with Gasteiger partial charge < -0.3 is 4.42 Å². The van der Waals surface area contributed by atoms with E-state index in [2.05, 4.69) is 4.98 Å². The van der Waals surface area contributed by atoms with Gasteiger partial charge in [0.05, 0.1) is 13.3 Å². The van der Waals surface area contributed by atoms with Crippen LogP contribution in [0.5, 0.6) is 0 Å². The molecule has 0 radical (unpaired) electrons. The van der Waals surface area contributed by atoms with Crippen molar-refractivity contribution in [3.05, 3.63) is 42.4 Å². The van der Waals surface area contributed by atoms with Gasteiger partial charge in [0, 0.05) is 25.5 Å². The van der Waals surface area contributed by atoms with Gasteiger partial charge in [-0.05, 0) is 0 Å². The molecule has 0 spiro atoms. The third-order valence-electron chi connectivity index (χ3n) is 2.79. The van der Waals surface area contributed by atoms with E-state index in [9.17, 15) is 4.79 Å². The molecular weight excluding hydrogens is 244 g/mol. The minimum absolute atomic E-state index is 0.109. The summed E-state index contributed by atoms with van der Waals surface area (Å²) in [6.07, 6.45) is 2.44. The van der Waals surface area contributed by atoms with E-state index in [-0.39, 0.29) is 5.91 Å². The van der Waals surface area contributed by atoms with Crippen LogP contribution < -0.4 is 0 Å². The minimum Gasteiger partial charge on any atom is -0.441 e. The molecule has 1 heterocycles. The van der Waals surface area contributed by atoms with Gasteiger partial charge in [0.15, 0.2) is 11.7 Å². The van der Waals surface area contributed by atoms with Crippen LogP contribution in [0, 0.1) is 0 Å². The van der Waals surface area contributed by atoms with Crippen molar-refractivity contribution in [1.82, 2.24) is 10.0 Å². The van der Waals surface area contributed by atoms with Gasteiger partial charge in [-0.3, -0.25) is 9.63 Å². The zero-order valence-corrected chi connectivity index (χ0v) is 11.0. The Morgan fingerprint density at radius 1 is 1.37 bits per heavy atom. The first-order valence-electron chi connectivity index (χ1n) is 6.01. The second-order valence-corrected chi connectivity index (χ2v) is 4.06. The first kappa shape index (κ1) is 13.3. The lowest BCUT2D eigenvalue weighted by Crippen LogP contribution is -2.25. The zero-order chi connectivity index (χ0) is 13.7. The van der Waals surface area contributed by atoms with Crippen LogP contribution in [0.15, 0.2) is 40.9 Å². The van der Waals surface area contributed by atoms with E-state index in [0.717, 1.165) is 5.56 Å². The minimum atomic E-state index is -0.109. The summed E-state index contributed by atoms with van der Waals surface area (Å²) in [5.74, 6) is 1.15. The fraction of sp³-hybridized carbons (Fsp3) is 0.286. The molecule has 0 N–H and O–H groups in total. The summed E-state index contributed by atoms with van der Waals surface area (Å²) in [7, 11) is 3.03. The Morgan fingerprint density at radius 2 is 2.11 bits per heavy atom. The van der Waals surface area contributed by atoms with Gasteiger partial charge in [0.2, 0.25) is 5.91 Å². The maximum atomic E-state index is 11.6. The fourth-order valence-electron chi connectivity index (χ4n) is 1.63. The smallest absolute Gasteiger partial charge is 0.246 e. The van der Waals surface area contributed by atoms with Crippen LogP contribution >= 0.6 is 0 Å². The molecule has 100 valence electrons. The van der Waals surface area contributed by atoms with E-state index < -0.39 is 0 Å². The third-order valence-corrected chi connectivity index (χ3v) is 2.79. The number of hydrogen-bond acceptors (Lipinski definition) is 4. The Balaban J connectivity index is 1.97. The number of carbonyl (C=O) groups is 1. The Kier molecular flexibility index (Phi) is 4.30. The summed E-state index contributed by atoms with van der Waals surface area (Å²) >= 11 is 0. The second-order valence-electron chi connectivity index (χ2n) is 4.06. The van der Waals surface area contributed by atoms with E-state index >= 15 is 0 Å². The van der Waals surface area contributed by atoms with Crippen LogP contribution in [0.1, 0.15) is 12.3 Å². The molecule has 2 rings (SSSR count). The van der Waals surface area contributed by atoms with E-state index in [4.69, 9.17) is 9.25 Å². The Hall–Kier alpha value is -2.14. The van der Waals surface area contributed by atoms with Crippen molar-refractivity contribution < 1.29 is 14.0 Å². The van der Waals surface area contributed by atoms with Gasteiger partial charge in [0.1, 0.15) is 0 Å². The average Bonchev–Trinajstić information content (AvgIpc) is 2.93. The number of aryl methyl sites for hydroxylation is 1. The lowest BCUT2D eigenvalue weighted by atomic mass is 10.2. The molecule has 0 saturated carbocycles. The van der Waals surface area contributed by atoms with Crippen molar-refractivity contribution in [3.8, 4) is 11.3 Å². The highest BCUT2D eigenvalue weighted by atomic mass is 16.7. The summed E-state index contributed by atoms with van der Waals surface area (Å²) in [5, 5.41) is 1.20. The van der Waals surface area contributed by atoms with Gasteiger partial charge in [-0.1, -0.05) is 30.3 Å². The van der Waals surface area contributed by atoms with Crippen molar-refractivity contribution in [2.75, 3.05) is 14.2 Å². The molecule has 0 fully saturated rings. The van der Waals surface area contributed by atoms with E-state index in [1.807, 2.05) is 30.3 Å². The van der Waals surface area contributed by atoms with Crippen molar-refractivity contribution in [2.45, 2.75) is 12.8 Å². The molecule has 0 aliphatic heterocycles. The topological polar surface area (TPSA) is 55.6 Å². The fourth-order valence-corrected chi connectivity index (χ4v) is 1.63. The standard InChI is InChI=1S/C14H16N2O3/c1-16(18-2)14(17)9-8-13-15-10-12(19-13)11-6-4-3-5-7-11/h3-7,10H,8-9H2,1-2H3. The summed E-state index contributed by atoms with van der Waals surface area (Å²) < 4.78 is 5.61. The lowest BCUT2D eigenvalue weighted by Gasteiger charge is -2.12. The normalized spacial score (nSPS) is 10.4. The van der Waals surface area contributed by atoms with Crippen LogP contribution in [0.3, 0.4) is 0 Å². The van der Waals surface area contributed by atoms with Crippen molar-refractivity contribution in [2.24, 2.45) is 0 Å². The number of oxazole rings is 1. The Morgan fingerprint density at radius 3 is 2.79 bits per heavy atom. The zero-order valence-electron chi connectivity index (χ0n) is 11.0. The monoisotopic (exact) mass is 260 g/mol. The number of rotatable bonds is 5. The molecule has 0 saturated heterocycles.